The quantitative estimate of drug-likeness (QED) is 0.0588. The van der Waals surface area contributed by atoms with Crippen LogP contribution in [0, 0.1) is 0 Å². The second kappa shape index (κ2) is 41.5. The number of hydrogen-bond acceptors (Lipinski definition) is 12. The van der Waals surface area contributed by atoms with Crippen molar-refractivity contribution in [2.24, 2.45) is 0 Å². The highest BCUT2D eigenvalue weighted by molar-refractivity contribution is 5.79. The molecule has 3 rings (SSSR count). The van der Waals surface area contributed by atoms with E-state index in [4.69, 9.17) is 52.1 Å². The molecule has 0 bridgehead atoms. The van der Waals surface area contributed by atoms with Gasteiger partial charge in [0.25, 0.3) is 0 Å². The minimum atomic E-state index is -0.361. The fraction of sp³-hybridized carbons (Fsp3) is 0.750. The number of likely N-dealkylation sites (N-methyl/N-ethyl adjacent to an activating group) is 1. The molecule has 1 aliphatic rings. The van der Waals surface area contributed by atoms with Gasteiger partial charge in [-0.2, -0.15) is 0 Å². The van der Waals surface area contributed by atoms with Gasteiger partial charge in [-0.3, -0.25) is 0 Å². The smallest absolute Gasteiger partial charge is 0.409 e. The van der Waals surface area contributed by atoms with E-state index >= 15 is 0 Å². The van der Waals surface area contributed by atoms with Crippen molar-refractivity contribution in [3.05, 3.63) is 59.7 Å². The van der Waals surface area contributed by atoms with Gasteiger partial charge in [0.15, 0.2) is 0 Å². The highest BCUT2D eigenvalue weighted by atomic mass is 16.6. The van der Waals surface area contributed by atoms with E-state index in [1.54, 1.807) is 7.05 Å². The van der Waals surface area contributed by atoms with Gasteiger partial charge in [-0.1, -0.05) is 139 Å². The third-order valence-electron chi connectivity index (χ3n) is 11.2. The summed E-state index contributed by atoms with van der Waals surface area (Å²) in [5.74, 6) is 0.0396. The van der Waals surface area contributed by atoms with Gasteiger partial charge in [0.1, 0.15) is 6.61 Å². The van der Waals surface area contributed by atoms with Crippen molar-refractivity contribution in [1.29, 1.82) is 0 Å². The second-order valence-corrected chi connectivity index (χ2v) is 16.4. The van der Waals surface area contributed by atoms with Crippen LogP contribution >= 0.6 is 0 Å². The summed E-state index contributed by atoms with van der Waals surface area (Å²) in [5, 5.41) is 0. The molecule has 2 aromatic rings. The Hall–Kier alpha value is -2.69. The third-order valence-corrected chi connectivity index (χ3v) is 11.2. The summed E-state index contributed by atoms with van der Waals surface area (Å²) in [4.78, 5) is 14.2. The van der Waals surface area contributed by atoms with Crippen LogP contribution in [0.2, 0.25) is 0 Å². The Morgan fingerprint density at radius 2 is 0.692 bits per heavy atom. The number of carbonyl (C=O) groups is 1. The van der Waals surface area contributed by atoms with Crippen LogP contribution in [0.4, 0.5) is 4.79 Å². The summed E-state index contributed by atoms with van der Waals surface area (Å²) in [6, 6.07) is 16.6. The van der Waals surface area contributed by atoms with E-state index in [1.807, 2.05) is 24.3 Å². The Labute approximate surface area is 392 Å². The average molecular weight is 918 g/mol. The summed E-state index contributed by atoms with van der Waals surface area (Å²) in [6.07, 6.45) is 18.8. The fourth-order valence-corrected chi connectivity index (χ4v) is 7.48. The maximum absolute atomic E-state index is 12.6. The van der Waals surface area contributed by atoms with Crippen LogP contribution in [0.25, 0.3) is 11.1 Å². The lowest BCUT2D eigenvalue weighted by molar-refractivity contribution is -0.0266. The summed E-state index contributed by atoms with van der Waals surface area (Å²) < 4.78 is 61.5. The number of fused-ring (bicyclic) bond motifs is 3. The number of carbonyl (C=O) groups excluding carboxylic acids is 1. The minimum Gasteiger partial charge on any atom is -0.448 e. The Morgan fingerprint density at radius 3 is 1.05 bits per heavy atom. The van der Waals surface area contributed by atoms with Crippen molar-refractivity contribution in [3.8, 4) is 11.1 Å². The molecule has 13 nitrogen and oxygen atoms in total. The molecule has 0 unspecified atom stereocenters. The van der Waals surface area contributed by atoms with Crippen LogP contribution in [0.3, 0.4) is 0 Å². The molecule has 65 heavy (non-hydrogen) atoms. The number of nitrogens with zero attached hydrogens (tertiary/aromatic N) is 1. The lowest BCUT2D eigenvalue weighted by atomic mass is 9.98. The lowest BCUT2D eigenvalue weighted by Crippen LogP contribution is -2.32. The maximum Gasteiger partial charge on any atom is 0.409 e. The van der Waals surface area contributed by atoms with Gasteiger partial charge in [-0.05, 0) is 28.7 Å². The summed E-state index contributed by atoms with van der Waals surface area (Å²) in [5.41, 5.74) is 4.81. The van der Waals surface area contributed by atoms with E-state index < -0.39 is 0 Å². The number of rotatable bonds is 47. The van der Waals surface area contributed by atoms with E-state index in [9.17, 15) is 4.79 Å². The molecule has 2 aromatic carbocycles. The van der Waals surface area contributed by atoms with E-state index in [0.717, 1.165) is 13.0 Å². The first-order chi connectivity index (χ1) is 32.2. The predicted molar refractivity (Wildman–Crippen MR) is 256 cm³/mol. The molecule has 0 heterocycles. The fourth-order valence-electron chi connectivity index (χ4n) is 7.48. The Balaban J connectivity index is 0.919. The topological polar surface area (TPSA) is 122 Å². The minimum absolute atomic E-state index is 0.0396. The first-order valence-corrected chi connectivity index (χ1v) is 25.1. The zero-order chi connectivity index (χ0) is 45.9. The Bertz CT molecular complexity index is 1340. The standard InChI is InChI=1S/C52H87NO12/c1-3-4-5-6-7-8-9-10-11-12-13-14-15-20-26-55-28-30-57-32-34-59-36-38-61-40-42-63-44-45-64-43-41-62-39-37-60-35-33-58-31-29-56-27-25-53(2)52(54)65-46-51-49-23-18-16-21-47(49)48-22-17-19-24-50(48)51/h16-19,21-24,51H,3-15,20,25-46H2,1-2H3. The van der Waals surface area contributed by atoms with Gasteiger partial charge < -0.3 is 57.0 Å². The molecule has 372 valence electrons. The largest absolute Gasteiger partial charge is 0.448 e. The molecular formula is C52H87NO12. The van der Waals surface area contributed by atoms with Gasteiger partial charge in [0.2, 0.25) is 0 Å². The summed E-state index contributed by atoms with van der Waals surface area (Å²) in [6.45, 7) is 13.5. The number of amides is 1. The van der Waals surface area contributed by atoms with Crippen molar-refractivity contribution in [2.75, 3.05) is 152 Å². The van der Waals surface area contributed by atoms with Crippen molar-refractivity contribution < 1.29 is 56.9 Å². The molecule has 13 heteroatoms. The van der Waals surface area contributed by atoms with E-state index in [1.165, 1.54) is 111 Å². The molecule has 0 atom stereocenters. The SMILES string of the molecule is CCCCCCCCCCCCCCCCOCCOCCOCCOCCOCCOCCOCCOCCOCCOCCN(C)C(=O)OCC1c2ccccc2-c2ccccc21. The molecule has 0 fully saturated rings. The lowest BCUT2D eigenvalue weighted by Gasteiger charge is -2.19. The predicted octanol–water partition coefficient (Wildman–Crippen LogP) is 9.51. The molecule has 0 radical (unpaired) electrons. The number of hydrogen-bond donors (Lipinski definition) is 0. The van der Waals surface area contributed by atoms with E-state index in [0.29, 0.717) is 139 Å². The molecule has 0 saturated carbocycles. The highest BCUT2D eigenvalue weighted by Crippen LogP contribution is 2.44. The molecule has 0 N–H and O–H groups in total. The van der Waals surface area contributed by atoms with Gasteiger partial charge in [-0.25, -0.2) is 4.79 Å². The zero-order valence-corrected chi connectivity index (χ0v) is 40.5. The van der Waals surface area contributed by atoms with Crippen LogP contribution in [-0.2, 0) is 52.1 Å². The van der Waals surface area contributed by atoms with Gasteiger partial charge >= 0.3 is 6.09 Å². The van der Waals surface area contributed by atoms with Crippen LogP contribution in [0.15, 0.2) is 48.5 Å². The Kier molecular flexibility index (Phi) is 36.2. The zero-order valence-electron chi connectivity index (χ0n) is 40.5. The van der Waals surface area contributed by atoms with Crippen LogP contribution in [-0.4, -0.2) is 163 Å². The summed E-state index contributed by atoms with van der Waals surface area (Å²) >= 11 is 0. The third kappa shape index (κ3) is 29.0. The molecule has 0 aromatic heterocycles. The van der Waals surface area contributed by atoms with Crippen molar-refractivity contribution in [1.82, 2.24) is 4.90 Å². The second-order valence-electron chi connectivity index (χ2n) is 16.4. The monoisotopic (exact) mass is 918 g/mol. The first-order valence-electron chi connectivity index (χ1n) is 25.1. The van der Waals surface area contributed by atoms with E-state index in [-0.39, 0.29) is 12.0 Å². The van der Waals surface area contributed by atoms with Gasteiger partial charge in [0, 0.05) is 26.1 Å². The summed E-state index contributed by atoms with van der Waals surface area (Å²) in [7, 11) is 1.72. The number of ether oxygens (including phenoxy) is 11. The van der Waals surface area contributed by atoms with Crippen LogP contribution in [0.5, 0.6) is 0 Å². The molecular weight excluding hydrogens is 831 g/mol. The van der Waals surface area contributed by atoms with Gasteiger partial charge in [0.05, 0.1) is 126 Å². The molecule has 0 spiro atoms. The molecule has 1 amide bonds. The normalized spacial score (nSPS) is 12.2. The van der Waals surface area contributed by atoms with Crippen LogP contribution < -0.4 is 0 Å². The van der Waals surface area contributed by atoms with E-state index in [2.05, 4.69) is 31.2 Å². The van der Waals surface area contributed by atoms with Crippen molar-refractivity contribution in [3.63, 3.8) is 0 Å². The van der Waals surface area contributed by atoms with Crippen molar-refractivity contribution in [2.45, 2.75) is 103 Å². The van der Waals surface area contributed by atoms with Gasteiger partial charge in [-0.15, -0.1) is 0 Å². The van der Waals surface area contributed by atoms with Crippen LogP contribution in [0.1, 0.15) is 114 Å². The highest BCUT2D eigenvalue weighted by Gasteiger charge is 2.29. The number of benzene rings is 2. The molecule has 0 saturated heterocycles. The van der Waals surface area contributed by atoms with Crippen molar-refractivity contribution >= 4 is 6.09 Å². The molecule has 0 aliphatic heterocycles. The maximum atomic E-state index is 12.6. The molecule has 1 aliphatic carbocycles. The number of unbranched alkanes of at least 4 members (excludes halogenated alkanes) is 13. The first kappa shape index (κ1) is 56.6. The Morgan fingerprint density at radius 1 is 0.400 bits per heavy atom. The average Bonchev–Trinajstić information content (AvgIpc) is 3.65.